The normalized spacial score (nSPS) is 12.4. The minimum atomic E-state index is 0.00587. The first-order valence-corrected chi connectivity index (χ1v) is 10.8. The summed E-state index contributed by atoms with van der Waals surface area (Å²) in [5.74, 6) is 0.998. The van der Waals surface area contributed by atoms with Crippen LogP contribution < -0.4 is 0 Å². The SMILES string of the molecule is CCCn1ncc(-c2c(-c3ccccc3)ncn2[C@H](CO)CCSC)c1C. The molecule has 3 aromatic rings. The molecule has 2 heterocycles. The number of imidazole rings is 1. The first-order chi connectivity index (χ1) is 13.2. The first kappa shape index (κ1) is 19.7. The minimum absolute atomic E-state index is 0.00587. The van der Waals surface area contributed by atoms with E-state index in [2.05, 4.69) is 46.6 Å². The maximum absolute atomic E-state index is 10.0. The molecule has 0 amide bonds. The number of hydrogen-bond acceptors (Lipinski definition) is 4. The van der Waals surface area contributed by atoms with Crippen molar-refractivity contribution in [2.75, 3.05) is 18.6 Å². The molecular formula is C21H28N4OS. The average molecular weight is 385 g/mol. The van der Waals surface area contributed by atoms with Gasteiger partial charge in [0.15, 0.2) is 0 Å². The van der Waals surface area contributed by atoms with Gasteiger partial charge in [0.05, 0.1) is 36.6 Å². The van der Waals surface area contributed by atoms with Crippen LogP contribution in [0.15, 0.2) is 42.9 Å². The van der Waals surface area contributed by atoms with E-state index in [1.165, 1.54) is 0 Å². The van der Waals surface area contributed by atoms with Crippen LogP contribution in [0.5, 0.6) is 0 Å². The third-order valence-electron chi connectivity index (χ3n) is 4.89. The van der Waals surface area contributed by atoms with Crippen LogP contribution in [-0.4, -0.2) is 43.1 Å². The molecular weight excluding hydrogens is 356 g/mol. The van der Waals surface area contributed by atoms with E-state index >= 15 is 0 Å². The maximum Gasteiger partial charge on any atom is 0.0964 e. The Hall–Kier alpha value is -2.05. The third-order valence-corrected chi connectivity index (χ3v) is 5.54. The van der Waals surface area contributed by atoms with Gasteiger partial charge < -0.3 is 9.67 Å². The molecule has 0 unspecified atom stereocenters. The van der Waals surface area contributed by atoms with E-state index in [9.17, 15) is 5.11 Å². The molecule has 0 radical (unpaired) electrons. The summed E-state index contributed by atoms with van der Waals surface area (Å²) < 4.78 is 4.19. The molecule has 0 aliphatic heterocycles. The lowest BCUT2D eigenvalue weighted by molar-refractivity contribution is 0.226. The summed E-state index contributed by atoms with van der Waals surface area (Å²) in [6.07, 6.45) is 7.85. The van der Waals surface area contributed by atoms with Crippen molar-refractivity contribution < 1.29 is 5.11 Å². The molecule has 1 N–H and O–H groups in total. The van der Waals surface area contributed by atoms with Crippen LogP contribution >= 0.6 is 11.8 Å². The number of aliphatic hydroxyl groups excluding tert-OH is 1. The summed E-state index contributed by atoms with van der Waals surface area (Å²) in [7, 11) is 0. The molecule has 1 aromatic carbocycles. The molecule has 0 saturated carbocycles. The molecule has 0 spiro atoms. The molecule has 6 heteroatoms. The van der Waals surface area contributed by atoms with Gasteiger partial charge in [-0.15, -0.1) is 0 Å². The van der Waals surface area contributed by atoms with Gasteiger partial charge in [-0.05, 0) is 31.8 Å². The van der Waals surface area contributed by atoms with Crippen molar-refractivity contribution in [1.82, 2.24) is 19.3 Å². The summed E-state index contributed by atoms with van der Waals surface area (Å²) in [6, 6.07) is 10.2. The Morgan fingerprint density at radius 3 is 2.67 bits per heavy atom. The van der Waals surface area contributed by atoms with Crippen molar-refractivity contribution in [2.24, 2.45) is 0 Å². The Balaban J connectivity index is 2.14. The number of aryl methyl sites for hydroxylation is 1. The highest BCUT2D eigenvalue weighted by Gasteiger charge is 2.23. The Morgan fingerprint density at radius 1 is 1.22 bits per heavy atom. The summed E-state index contributed by atoms with van der Waals surface area (Å²) in [6.45, 7) is 5.27. The molecule has 0 saturated heterocycles. The second-order valence-electron chi connectivity index (χ2n) is 6.70. The molecule has 144 valence electrons. The number of aliphatic hydroxyl groups is 1. The van der Waals surface area contributed by atoms with E-state index in [1.807, 2.05) is 30.7 Å². The second-order valence-corrected chi connectivity index (χ2v) is 7.69. The largest absolute Gasteiger partial charge is 0.394 e. The lowest BCUT2D eigenvalue weighted by Gasteiger charge is -2.19. The van der Waals surface area contributed by atoms with E-state index in [0.717, 1.165) is 53.3 Å². The number of nitrogens with zero attached hydrogens (tertiary/aromatic N) is 4. The Kier molecular flexibility index (Phi) is 6.74. The maximum atomic E-state index is 10.0. The fourth-order valence-corrected chi connectivity index (χ4v) is 3.91. The zero-order chi connectivity index (χ0) is 19.2. The predicted octanol–water partition coefficient (Wildman–Crippen LogP) is 4.42. The van der Waals surface area contributed by atoms with E-state index in [0.29, 0.717) is 0 Å². The lowest BCUT2D eigenvalue weighted by atomic mass is 10.0. The van der Waals surface area contributed by atoms with Gasteiger partial charge in [-0.3, -0.25) is 4.68 Å². The molecule has 27 heavy (non-hydrogen) atoms. The Labute approximate surface area is 165 Å². The van der Waals surface area contributed by atoms with Gasteiger partial charge in [0.2, 0.25) is 0 Å². The van der Waals surface area contributed by atoms with Gasteiger partial charge in [-0.2, -0.15) is 16.9 Å². The highest BCUT2D eigenvalue weighted by molar-refractivity contribution is 7.98. The van der Waals surface area contributed by atoms with Crippen LogP contribution in [0.2, 0.25) is 0 Å². The predicted molar refractivity (Wildman–Crippen MR) is 113 cm³/mol. The van der Waals surface area contributed by atoms with Crippen molar-refractivity contribution in [2.45, 2.75) is 39.3 Å². The molecule has 1 atom stereocenters. The van der Waals surface area contributed by atoms with Crippen LogP contribution in [0, 0.1) is 6.92 Å². The second kappa shape index (κ2) is 9.24. The summed E-state index contributed by atoms with van der Waals surface area (Å²) in [4.78, 5) is 4.74. The molecule has 0 aliphatic rings. The Bertz CT molecular complexity index is 856. The highest BCUT2D eigenvalue weighted by Crippen LogP contribution is 2.35. The van der Waals surface area contributed by atoms with Crippen molar-refractivity contribution in [3.63, 3.8) is 0 Å². The van der Waals surface area contributed by atoms with Crippen LogP contribution in [0.25, 0.3) is 22.5 Å². The van der Waals surface area contributed by atoms with Crippen molar-refractivity contribution in [3.8, 4) is 22.5 Å². The molecule has 0 bridgehead atoms. The van der Waals surface area contributed by atoms with Crippen molar-refractivity contribution >= 4 is 11.8 Å². The van der Waals surface area contributed by atoms with Gasteiger partial charge in [-0.1, -0.05) is 37.3 Å². The lowest BCUT2D eigenvalue weighted by Crippen LogP contribution is -2.15. The monoisotopic (exact) mass is 384 g/mol. The third kappa shape index (κ3) is 4.12. The number of rotatable bonds is 9. The van der Waals surface area contributed by atoms with Crippen LogP contribution in [0.4, 0.5) is 0 Å². The number of benzene rings is 1. The molecule has 0 aliphatic carbocycles. The van der Waals surface area contributed by atoms with Crippen molar-refractivity contribution in [1.29, 1.82) is 0 Å². The number of aromatic nitrogens is 4. The van der Waals surface area contributed by atoms with Gasteiger partial charge in [0.25, 0.3) is 0 Å². The smallest absolute Gasteiger partial charge is 0.0964 e. The first-order valence-electron chi connectivity index (χ1n) is 9.46. The minimum Gasteiger partial charge on any atom is -0.394 e. The van der Waals surface area contributed by atoms with Gasteiger partial charge >= 0.3 is 0 Å². The van der Waals surface area contributed by atoms with Gasteiger partial charge in [0, 0.05) is 23.4 Å². The van der Waals surface area contributed by atoms with E-state index in [-0.39, 0.29) is 12.6 Å². The average Bonchev–Trinajstić information content (AvgIpc) is 3.28. The molecule has 0 fully saturated rings. The molecule has 2 aromatic heterocycles. The standard InChI is InChI=1S/C21H28N4OS/c1-4-11-25-16(2)19(13-23-25)21-20(17-8-6-5-7-9-17)22-15-24(21)18(14-26)10-12-27-3/h5-9,13,15,18,26H,4,10-12,14H2,1-3H3/t18-/m0/s1. The summed E-state index contributed by atoms with van der Waals surface area (Å²) in [5, 5.41) is 14.6. The fourth-order valence-electron chi connectivity index (χ4n) is 3.40. The zero-order valence-electron chi connectivity index (χ0n) is 16.3. The van der Waals surface area contributed by atoms with Crippen LogP contribution in [0.1, 0.15) is 31.5 Å². The van der Waals surface area contributed by atoms with Gasteiger partial charge in [0.1, 0.15) is 0 Å². The fraction of sp³-hybridized carbons (Fsp3) is 0.429. The van der Waals surface area contributed by atoms with E-state index in [4.69, 9.17) is 4.98 Å². The van der Waals surface area contributed by atoms with Crippen molar-refractivity contribution in [3.05, 3.63) is 48.5 Å². The van der Waals surface area contributed by atoms with Gasteiger partial charge in [-0.25, -0.2) is 4.98 Å². The Morgan fingerprint density at radius 2 is 2.00 bits per heavy atom. The topological polar surface area (TPSA) is 55.9 Å². The van der Waals surface area contributed by atoms with E-state index < -0.39 is 0 Å². The number of hydrogen-bond donors (Lipinski definition) is 1. The zero-order valence-corrected chi connectivity index (χ0v) is 17.1. The quantitative estimate of drug-likeness (QED) is 0.593. The highest BCUT2D eigenvalue weighted by atomic mass is 32.2. The molecule has 5 nitrogen and oxygen atoms in total. The molecule has 3 rings (SSSR count). The summed E-state index contributed by atoms with van der Waals surface area (Å²) >= 11 is 1.80. The van der Waals surface area contributed by atoms with Crippen LogP contribution in [0.3, 0.4) is 0 Å². The van der Waals surface area contributed by atoms with E-state index in [1.54, 1.807) is 11.8 Å². The van der Waals surface area contributed by atoms with Crippen LogP contribution in [-0.2, 0) is 6.54 Å². The summed E-state index contributed by atoms with van der Waals surface area (Å²) in [5.41, 5.74) is 5.29. The number of thioether (sulfide) groups is 1.